The molecule has 0 aromatic heterocycles. The van der Waals surface area contributed by atoms with E-state index in [9.17, 15) is 0 Å². The molecule has 0 aliphatic carbocycles. The Labute approximate surface area is 92.9 Å². The molecule has 0 aliphatic rings. The Morgan fingerprint density at radius 2 is 1.93 bits per heavy atom. The highest BCUT2D eigenvalue weighted by Crippen LogP contribution is 2.23. The van der Waals surface area contributed by atoms with Crippen molar-refractivity contribution in [2.75, 3.05) is 20.2 Å². The second-order valence-corrected chi connectivity index (χ2v) is 3.67. The molecule has 0 radical (unpaired) electrons. The van der Waals surface area contributed by atoms with Crippen LogP contribution in [0.1, 0.15) is 32.4 Å². The number of hydrogen-bond acceptors (Lipinski definition) is 2. The lowest BCUT2D eigenvalue weighted by Crippen LogP contribution is -2.26. The number of methoxy groups -OCH3 is 1. The van der Waals surface area contributed by atoms with Crippen LogP contribution in [-0.2, 0) is 0 Å². The summed E-state index contributed by atoms with van der Waals surface area (Å²) < 4.78 is 5.23. The van der Waals surface area contributed by atoms with E-state index in [2.05, 4.69) is 37.8 Å². The van der Waals surface area contributed by atoms with Crippen LogP contribution in [0.3, 0.4) is 0 Å². The summed E-state index contributed by atoms with van der Waals surface area (Å²) in [4.78, 5) is 2.43. The Balaban J connectivity index is 2.84. The Bertz CT molecular complexity index is 294. The number of nitrogens with zero attached hydrogens (tertiary/aromatic N) is 1. The summed E-state index contributed by atoms with van der Waals surface area (Å²) in [6.07, 6.45) is 0. The van der Waals surface area contributed by atoms with Crippen molar-refractivity contribution in [2.45, 2.75) is 26.8 Å². The number of benzene rings is 1. The van der Waals surface area contributed by atoms with Crippen LogP contribution in [0.25, 0.3) is 0 Å². The van der Waals surface area contributed by atoms with Gasteiger partial charge in [0.1, 0.15) is 5.75 Å². The van der Waals surface area contributed by atoms with E-state index in [0.29, 0.717) is 6.04 Å². The SMILES string of the molecule is CCN(CC)C(C)c1cccc(OC)c1. The zero-order valence-electron chi connectivity index (χ0n) is 10.2. The van der Waals surface area contributed by atoms with Crippen LogP contribution in [0.4, 0.5) is 0 Å². The molecule has 1 atom stereocenters. The fourth-order valence-corrected chi connectivity index (χ4v) is 1.88. The maximum atomic E-state index is 5.23. The third-order valence-corrected chi connectivity index (χ3v) is 2.94. The summed E-state index contributed by atoms with van der Waals surface area (Å²) in [6.45, 7) is 8.78. The maximum Gasteiger partial charge on any atom is 0.119 e. The minimum absolute atomic E-state index is 0.454. The van der Waals surface area contributed by atoms with Crippen molar-refractivity contribution in [2.24, 2.45) is 0 Å². The summed E-state index contributed by atoms with van der Waals surface area (Å²) in [5.74, 6) is 0.937. The molecule has 0 saturated heterocycles. The minimum Gasteiger partial charge on any atom is -0.497 e. The predicted octanol–water partition coefficient (Wildman–Crippen LogP) is 3.10. The quantitative estimate of drug-likeness (QED) is 0.735. The highest BCUT2D eigenvalue weighted by molar-refractivity contribution is 5.30. The van der Waals surface area contributed by atoms with Crippen molar-refractivity contribution in [1.29, 1.82) is 0 Å². The van der Waals surface area contributed by atoms with Gasteiger partial charge in [-0.2, -0.15) is 0 Å². The number of hydrogen-bond donors (Lipinski definition) is 0. The standard InChI is InChI=1S/C13H21NO/c1-5-14(6-2)11(3)12-8-7-9-13(10-12)15-4/h7-11H,5-6H2,1-4H3. The van der Waals surface area contributed by atoms with Gasteiger partial charge in [0.15, 0.2) is 0 Å². The second-order valence-electron chi connectivity index (χ2n) is 3.67. The van der Waals surface area contributed by atoms with Crippen molar-refractivity contribution in [3.8, 4) is 5.75 Å². The molecule has 0 N–H and O–H groups in total. The molecule has 1 unspecified atom stereocenters. The van der Waals surface area contributed by atoms with Crippen LogP contribution in [0.2, 0.25) is 0 Å². The first-order valence-corrected chi connectivity index (χ1v) is 5.60. The van der Waals surface area contributed by atoms with E-state index in [-0.39, 0.29) is 0 Å². The second kappa shape index (κ2) is 5.76. The first-order valence-electron chi connectivity index (χ1n) is 5.60. The largest absolute Gasteiger partial charge is 0.497 e. The molecule has 84 valence electrons. The van der Waals surface area contributed by atoms with Crippen LogP contribution >= 0.6 is 0 Å². The van der Waals surface area contributed by atoms with Gasteiger partial charge in [0, 0.05) is 6.04 Å². The molecular weight excluding hydrogens is 186 g/mol. The molecule has 1 aromatic carbocycles. The van der Waals surface area contributed by atoms with Crippen molar-refractivity contribution < 1.29 is 4.74 Å². The van der Waals surface area contributed by atoms with Crippen LogP contribution in [-0.4, -0.2) is 25.1 Å². The van der Waals surface area contributed by atoms with Gasteiger partial charge >= 0.3 is 0 Å². The lowest BCUT2D eigenvalue weighted by atomic mass is 10.1. The highest BCUT2D eigenvalue weighted by Gasteiger charge is 2.12. The Hall–Kier alpha value is -1.02. The zero-order chi connectivity index (χ0) is 11.3. The van der Waals surface area contributed by atoms with E-state index in [1.165, 1.54) is 5.56 Å². The van der Waals surface area contributed by atoms with E-state index in [0.717, 1.165) is 18.8 Å². The molecule has 0 spiro atoms. The lowest BCUT2D eigenvalue weighted by molar-refractivity contribution is 0.234. The predicted molar refractivity (Wildman–Crippen MR) is 64.3 cm³/mol. The van der Waals surface area contributed by atoms with Crippen LogP contribution < -0.4 is 4.74 Å². The fraction of sp³-hybridized carbons (Fsp3) is 0.538. The molecule has 2 heteroatoms. The first-order chi connectivity index (χ1) is 7.22. The normalized spacial score (nSPS) is 12.9. The van der Waals surface area contributed by atoms with Gasteiger partial charge in [-0.25, -0.2) is 0 Å². The maximum absolute atomic E-state index is 5.23. The molecule has 0 fully saturated rings. The summed E-state index contributed by atoms with van der Waals surface area (Å²) in [5, 5.41) is 0. The third kappa shape index (κ3) is 2.96. The Morgan fingerprint density at radius 3 is 2.47 bits per heavy atom. The third-order valence-electron chi connectivity index (χ3n) is 2.94. The molecule has 0 heterocycles. The molecule has 0 amide bonds. The summed E-state index contributed by atoms with van der Waals surface area (Å²) in [5.41, 5.74) is 1.32. The van der Waals surface area contributed by atoms with Crippen LogP contribution in [0, 0.1) is 0 Å². The van der Waals surface area contributed by atoms with Gasteiger partial charge in [0.25, 0.3) is 0 Å². The first kappa shape index (κ1) is 12.1. The van der Waals surface area contributed by atoms with Gasteiger partial charge in [-0.05, 0) is 37.7 Å². The topological polar surface area (TPSA) is 12.5 Å². The molecule has 2 nitrogen and oxygen atoms in total. The number of ether oxygens (including phenoxy) is 1. The molecular formula is C13H21NO. The van der Waals surface area contributed by atoms with Crippen molar-refractivity contribution >= 4 is 0 Å². The summed E-state index contributed by atoms with van der Waals surface area (Å²) >= 11 is 0. The fourth-order valence-electron chi connectivity index (χ4n) is 1.88. The minimum atomic E-state index is 0.454. The van der Waals surface area contributed by atoms with E-state index < -0.39 is 0 Å². The Morgan fingerprint density at radius 1 is 1.27 bits per heavy atom. The van der Waals surface area contributed by atoms with Gasteiger partial charge in [0.05, 0.1) is 7.11 Å². The molecule has 0 bridgehead atoms. The average molecular weight is 207 g/mol. The smallest absolute Gasteiger partial charge is 0.119 e. The Kier molecular flexibility index (Phi) is 4.63. The van der Waals surface area contributed by atoms with E-state index in [4.69, 9.17) is 4.74 Å². The van der Waals surface area contributed by atoms with Gasteiger partial charge in [-0.1, -0.05) is 26.0 Å². The average Bonchev–Trinajstić information content (AvgIpc) is 2.30. The van der Waals surface area contributed by atoms with E-state index >= 15 is 0 Å². The van der Waals surface area contributed by atoms with Gasteiger partial charge in [0.2, 0.25) is 0 Å². The molecule has 0 aliphatic heterocycles. The molecule has 1 rings (SSSR count). The highest BCUT2D eigenvalue weighted by atomic mass is 16.5. The van der Waals surface area contributed by atoms with Crippen molar-refractivity contribution in [1.82, 2.24) is 4.90 Å². The monoisotopic (exact) mass is 207 g/mol. The van der Waals surface area contributed by atoms with Gasteiger partial charge < -0.3 is 4.74 Å². The molecule has 15 heavy (non-hydrogen) atoms. The summed E-state index contributed by atoms with van der Waals surface area (Å²) in [7, 11) is 1.71. The van der Waals surface area contributed by atoms with E-state index in [1.54, 1.807) is 7.11 Å². The molecule has 0 saturated carbocycles. The molecule has 1 aromatic rings. The summed E-state index contributed by atoms with van der Waals surface area (Å²) in [6, 6.07) is 8.76. The van der Waals surface area contributed by atoms with Crippen molar-refractivity contribution in [3.63, 3.8) is 0 Å². The van der Waals surface area contributed by atoms with Crippen molar-refractivity contribution in [3.05, 3.63) is 29.8 Å². The van der Waals surface area contributed by atoms with Crippen LogP contribution in [0.5, 0.6) is 5.75 Å². The van der Waals surface area contributed by atoms with Crippen LogP contribution in [0.15, 0.2) is 24.3 Å². The van der Waals surface area contributed by atoms with E-state index in [1.807, 2.05) is 12.1 Å². The van der Waals surface area contributed by atoms with Gasteiger partial charge in [-0.3, -0.25) is 4.90 Å². The van der Waals surface area contributed by atoms with Gasteiger partial charge in [-0.15, -0.1) is 0 Å². The zero-order valence-corrected chi connectivity index (χ0v) is 10.2. The lowest BCUT2D eigenvalue weighted by Gasteiger charge is -2.26. The number of rotatable bonds is 5.